The number of carbonyl (C=O) groups is 3. The summed E-state index contributed by atoms with van der Waals surface area (Å²) in [4.78, 5) is 49.9. The maximum Gasteiger partial charge on any atom is 0.261 e. The van der Waals surface area contributed by atoms with Crippen molar-refractivity contribution in [1.82, 2.24) is 19.1 Å². The molecule has 11 heteroatoms. The predicted molar refractivity (Wildman–Crippen MR) is 150 cm³/mol. The Kier molecular flexibility index (Phi) is 8.23. The van der Waals surface area contributed by atoms with E-state index in [9.17, 15) is 22.8 Å². The Morgan fingerprint density at radius 3 is 2.33 bits per heavy atom. The van der Waals surface area contributed by atoms with Crippen molar-refractivity contribution in [2.75, 3.05) is 44.2 Å². The van der Waals surface area contributed by atoms with E-state index in [0.29, 0.717) is 25.9 Å². The van der Waals surface area contributed by atoms with Crippen LogP contribution >= 0.6 is 0 Å². The van der Waals surface area contributed by atoms with Crippen LogP contribution in [-0.2, 0) is 24.4 Å². The molecule has 3 saturated heterocycles. The number of aromatic nitrogens is 1. The summed E-state index contributed by atoms with van der Waals surface area (Å²) in [6, 6.07) is 13.3. The van der Waals surface area contributed by atoms with Crippen LogP contribution in [0.25, 0.3) is 0 Å². The van der Waals surface area contributed by atoms with Crippen molar-refractivity contribution < 1.29 is 22.8 Å². The number of pyridine rings is 1. The van der Waals surface area contributed by atoms with Gasteiger partial charge in [-0.25, -0.2) is 13.4 Å². The second kappa shape index (κ2) is 11.7. The van der Waals surface area contributed by atoms with Crippen molar-refractivity contribution in [1.29, 1.82) is 0 Å². The second-order valence-electron chi connectivity index (χ2n) is 11.3. The third kappa shape index (κ3) is 5.62. The van der Waals surface area contributed by atoms with E-state index < -0.39 is 28.0 Å². The molecule has 2 amide bonds. The van der Waals surface area contributed by atoms with Gasteiger partial charge in [-0.1, -0.05) is 38.1 Å². The quantitative estimate of drug-likeness (QED) is 0.480. The van der Waals surface area contributed by atoms with Gasteiger partial charge in [-0.2, -0.15) is 4.31 Å². The lowest BCUT2D eigenvalue weighted by Gasteiger charge is -2.37. The van der Waals surface area contributed by atoms with Crippen LogP contribution in [0.2, 0.25) is 0 Å². The molecule has 1 aromatic carbocycles. The van der Waals surface area contributed by atoms with E-state index in [0.717, 1.165) is 18.8 Å². The van der Waals surface area contributed by atoms with E-state index in [1.807, 2.05) is 36.9 Å². The first-order chi connectivity index (χ1) is 19.2. The molecule has 1 aromatic heterocycles. The van der Waals surface area contributed by atoms with Crippen LogP contribution in [0, 0.1) is 11.8 Å². The molecule has 10 nitrogen and oxygen atoms in total. The van der Waals surface area contributed by atoms with Crippen LogP contribution in [0.1, 0.15) is 33.1 Å². The number of amides is 2. The van der Waals surface area contributed by atoms with Gasteiger partial charge in [0.05, 0.1) is 12.6 Å². The zero-order valence-electron chi connectivity index (χ0n) is 23.1. The van der Waals surface area contributed by atoms with Crippen molar-refractivity contribution in [2.24, 2.45) is 11.8 Å². The fourth-order valence-electron chi connectivity index (χ4n) is 6.23. The number of anilines is 1. The summed E-state index contributed by atoms with van der Waals surface area (Å²) in [5, 5.41) is -0.108. The Bertz CT molecular complexity index is 1330. The lowest BCUT2D eigenvalue weighted by molar-refractivity contribution is -0.144. The molecule has 0 bridgehead atoms. The fraction of sp³-hybridized carbons (Fsp3) is 0.517. The molecule has 3 aliphatic heterocycles. The van der Waals surface area contributed by atoms with E-state index in [1.165, 1.54) is 21.5 Å². The second-order valence-corrected chi connectivity index (χ2v) is 13.1. The van der Waals surface area contributed by atoms with Crippen LogP contribution in [0.3, 0.4) is 0 Å². The SMILES string of the molecule is CC(C)CC(CC(=O)N1CCN(c2ccccc2)CC1)C(=O)N1CCC2C1C(=O)CN2S(=O)(=O)c1ccccn1. The number of fused-ring (bicyclic) bond motifs is 1. The van der Waals surface area contributed by atoms with E-state index >= 15 is 0 Å². The predicted octanol–water partition coefficient (Wildman–Crippen LogP) is 2.03. The van der Waals surface area contributed by atoms with E-state index in [2.05, 4.69) is 22.0 Å². The molecule has 0 saturated carbocycles. The lowest BCUT2D eigenvalue weighted by atomic mass is 9.91. The highest BCUT2D eigenvalue weighted by molar-refractivity contribution is 7.89. The minimum absolute atomic E-state index is 0.0560. The number of likely N-dealkylation sites (tertiary alicyclic amines) is 1. The first-order valence-corrected chi connectivity index (χ1v) is 15.4. The molecular weight excluding hydrogens is 530 g/mol. The zero-order valence-corrected chi connectivity index (χ0v) is 23.9. The monoisotopic (exact) mass is 567 g/mol. The number of carbonyl (C=O) groups excluding carboxylic acids is 3. The van der Waals surface area contributed by atoms with E-state index in [-0.39, 0.29) is 48.1 Å². The number of hydrogen-bond acceptors (Lipinski definition) is 7. The third-order valence-electron chi connectivity index (χ3n) is 8.15. The number of hydrogen-bond donors (Lipinski definition) is 0. The van der Waals surface area contributed by atoms with Gasteiger partial charge in [-0.05, 0) is 43.0 Å². The Morgan fingerprint density at radius 1 is 0.975 bits per heavy atom. The highest BCUT2D eigenvalue weighted by Gasteiger charge is 2.54. The van der Waals surface area contributed by atoms with Gasteiger partial charge in [-0.3, -0.25) is 14.4 Å². The number of ketones is 1. The number of para-hydroxylation sites is 1. The Morgan fingerprint density at radius 2 is 1.68 bits per heavy atom. The Labute approximate surface area is 236 Å². The molecule has 40 heavy (non-hydrogen) atoms. The molecule has 4 heterocycles. The van der Waals surface area contributed by atoms with Gasteiger partial charge in [0, 0.05) is 56.9 Å². The van der Waals surface area contributed by atoms with Gasteiger partial charge in [0.1, 0.15) is 6.04 Å². The summed E-state index contributed by atoms with van der Waals surface area (Å²) in [5.74, 6) is -0.965. The average Bonchev–Trinajstić information content (AvgIpc) is 3.54. The van der Waals surface area contributed by atoms with Crippen molar-refractivity contribution in [3.05, 3.63) is 54.7 Å². The number of rotatable bonds is 8. The largest absolute Gasteiger partial charge is 0.368 e. The van der Waals surface area contributed by atoms with Crippen molar-refractivity contribution >= 4 is 33.3 Å². The van der Waals surface area contributed by atoms with Gasteiger partial charge in [0.25, 0.3) is 10.0 Å². The number of nitrogens with zero attached hydrogens (tertiary/aromatic N) is 5. The molecule has 0 aliphatic carbocycles. The first-order valence-electron chi connectivity index (χ1n) is 14.0. The molecule has 0 spiro atoms. The van der Waals surface area contributed by atoms with E-state index in [4.69, 9.17) is 0 Å². The topological polar surface area (TPSA) is 111 Å². The smallest absolute Gasteiger partial charge is 0.261 e. The molecule has 0 N–H and O–H groups in total. The highest BCUT2D eigenvalue weighted by atomic mass is 32.2. The molecule has 5 rings (SSSR count). The molecule has 3 atom stereocenters. The summed E-state index contributed by atoms with van der Waals surface area (Å²) in [6.45, 7) is 6.65. The van der Waals surface area contributed by atoms with Gasteiger partial charge < -0.3 is 14.7 Å². The zero-order chi connectivity index (χ0) is 28.4. The van der Waals surface area contributed by atoms with Crippen LogP contribution < -0.4 is 4.90 Å². The first kappa shape index (κ1) is 28.2. The van der Waals surface area contributed by atoms with Gasteiger partial charge >= 0.3 is 0 Å². The Hall–Kier alpha value is -3.31. The van der Waals surface area contributed by atoms with Crippen LogP contribution in [0.5, 0.6) is 0 Å². The summed E-state index contributed by atoms with van der Waals surface area (Å²) >= 11 is 0. The molecule has 2 aromatic rings. The fourth-order valence-corrected chi connectivity index (χ4v) is 7.79. The van der Waals surface area contributed by atoms with E-state index in [1.54, 1.807) is 12.1 Å². The maximum absolute atomic E-state index is 13.9. The van der Waals surface area contributed by atoms with Crippen LogP contribution in [0.15, 0.2) is 59.8 Å². The molecule has 3 unspecified atom stereocenters. The summed E-state index contributed by atoms with van der Waals surface area (Å²) in [7, 11) is -3.97. The molecule has 3 fully saturated rings. The maximum atomic E-state index is 13.9. The highest BCUT2D eigenvalue weighted by Crippen LogP contribution is 2.35. The third-order valence-corrected chi connectivity index (χ3v) is 9.94. The molecule has 3 aliphatic rings. The number of benzene rings is 1. The number of sulfonamides is 1. The van der Waals surface area contributed by atoms with Gasteiger partial charge in [-0.15, -0.1) is 0 Å². The molecular formula is C29H37N5O5S. The van der Waals surface area contributed by atoms with Crippen LogP contribution in [-0.4, -0.2) is 96.5 Å². The van der Waals surface area contributed by atoms with Gasteiger partial charge in [0.2, 0.25) is 11.8 Å². The average molecular weight is 568 g/mol. The Balaban J connectivity index is 1.26. The summed E-state index contributed by atoms with van der Waals surface area (Å²) in [6.07, 6.45) is 2.38. The standard InChI is InChI=1S/C29H37N5O5S/c1-21(2)18-22(19-27(36)32-16-14-31(15-17-32)23-8-4-3-5-9-23)29(37)33-13-11-24-28(33)25(35)20-34(24)40(38,39)26-10-6-7-12-30-26/h3-10,12,21-22,24,28H,11,13-20H2,1-2H3. The molecule has 0 radical (unpaired) electrons. The minimum atomic E-state index is -3.97. The summed E-state index contributed by atoms with van der Waals surface area (Å²) in [5.41, 5.74) is 1.13. The normalized spacial score (nSPS) is 22.6. The van der Waals surface area contributed by atoms with Crippen LogP contribution in [0.4, 0.5) is 5.69 Å². The number of piperazine rings is 1. The summed E-state index contributed by atoms with van der Waals surface area (Å²) < 4.78 is 27.7. The lowest BCUT2D eigenvalue weighted by Crippen LogP contribution is -2.50. The minimum Gasteiger partial charge on any atom is -0.368 e. The van der Waals surface area contributed by atoms with Crippen molar-refractivity contribution in [2.45, 2.75) is 50.2 Å². The van der Waals surface area contributed by atoms with Gasteiger partial charge in [0.15, 0.2) is 10.8 Å². The van der Waals surface area contributed by atoms with Crippen molar-refractivity contribution in [3.8, 4) is 0 Å². The van der Waals surface area contributed by atoms with Crippen molar-refractivity contribution in [3.63, 3.8) is 0 Å². The molecule has 214 valence electrons. The number of Topliss-reactive ketones (excluding diaryl/α,β-unsaturated/α-hetero) is 1.